The SMILES string of the molecule is O=CC1CCCN(Cc2ccccn2)C1. The predicted octanol–water partition coefficient (Wildman–Crippen LogP) is 1.49. The quantitative estimate of drug-likeness (QED) is 0.699. The summed E-state index contributed by atoms with van der Waals surface area (Å²) in [5.41, 5.74) is 1.09. The number of carbonyl (C=O) groups is 1. The van der Waals surface area contributed by atoms with Gasteiger partial charge in [0.1, 0.15) is 6.29 Å². The van der Waals surface area contributed by atoms with Crippen molar-refractivity contribution in [3.05, 3.63) is 30.1 Å². The Bertz CT molecular complexity index is 313. The first kappa shape index (κ1) is 10.3. The molecule has 1 aliphatic rings. The van der Waals surface area contributed by atoms with Crippen LogP contribution in [0, 0.1) is 5.92 Å². The van der Waals surface area contributed by atoms with Crippen LogP contribution in [0.3, 0.4) is 0 Å². The normalized spacial score (nSPS) is 22.5. The first-order valence-corrected chi connectivity index (χ1v) is 5.46. The molecule has 0 aliphatic carbocycles. The number of hydrogen-bond acceptors (Lipinski definition) is 3. The van der Waals surface area contributed by atoms with E-state index in [1.54, 1.807) is 0 Å². The molecule has 0 bridgehead atoms. The highest BCUT2D eigenvalue weighted by molar-refractivity contribution is 5.53. The van der Waals surface area contributed by atoms with Crippen molar-refractivity contribution in [2.24, 2.45) is 5.92 Å². The number of carbonyl (C=O) groups excluding carboxylic acids is 1. The Morgan fingerprint density at radius 1 is 1.53 bits per heavy atom. The molecule has 0 spiro atoms. The van der Waals surface area contributed by atoms with Crippen LogP contribution < -0.4 is 0 Å². The van der Waals surface area contributed by atoms with Crippen LogP contribution in [-0.4, -0.2) is 29.3 Å². The first-order chi connectivity index (χ1) is 7.38. The van der Waals surface area contributed by atoms with Crippen LogP contribution in [-0.2, 0) is 11.3 Å². The second-order valence-corrected chi connectivity index (χ2v) is 4.09. The van der Waals surface area contributed by atoms with E-state index in [-0.39, 0.29) is 5.92 Å². The van der Waals surface area contributed by atoms with Crippen LogP contribution in [0.2, 0.25) is 0 Å². The van der Waals surface area contributed by atoms with E-state index in [4.69, 9.17) is 0 Å². The van der Waals surface area contributed by atoms with Gasteiger partial charge in [-0.15, -0.1) is 0 Å². The Kier molecular flexibility index (Phi) is 3.45. The summed E-state index contributed by atoms with van der Waals surface area (Å²) >= 11 is 0. The van der Waals surface area contributed by atoms with Crippen molar-refractivity contribution in [3.8, 4) is 0 Å². The summed E-state index contributed by atoms with van der Waals surface area (Å²) in [6.45, 7) is 2.84. The molecule has 1 aliphatic heterocycles. The largest absolute Gasteiger partial charge is 0.303 e. The second kappa shape index (κ2) is 5.03. The molecule has 3 heteroatoms. The van der Waals surface area contributed by atoms with Crippen LogP contribution in [0.4, 0.5) is 0 Å². The molecule has 1 aromatic rings. The minimum Gasteiger partial charge on any atom is -0.303 e. The smallest absolute Gasteiger partial charge is 0.124 e. The van der Waals surface area contributed by atoms with E-state index < -0.39 is 0 Å². The van der Waals surface area contributed by atoms with Gasteiger partial charge < -0.3 is 4.79 Å². The summed E-state index contributed by atoms with van der Waals surface area (Å²) in [6.07, 6.45) is 5.07. The van der Waals surface area contributed by atoms with Gasteiger partial charge in [0.25, 0.3) is 0 Å². The van der Waals surface area contributed by atoms with E-state index in [0.29, 0.717) is 0 Å². The molecule has 1 aromatic heterocycles. The molecule has 0 saturated carbocycles. The lowest BCUT2D eigenvalue weighted by molar-refractivity contribution is -0.112. The standard InChI is InChI=1S/C12H16N2O/c15-10-11-4-3-7-14(8-11)9-12-5-1-2-6-13-12/h1-2,5-6,10-11H,3-4,7-9H2. The van der Waals surface area contributed by atoms with Gasteiger partial charge in [0.15, 0.2) is 0 Å². The highest BCUT2D eigenvalue weighted by Gasteiger charge is 2.19. The van der Waals surface area contributed by atoms with Crippen molar-refractivity contribution in [1.82, 2.24) is 9.88 Å². The summed E-state index contributed by atoms with van der Waals surface area (Å²) in [6, 6.07) is 5.96. The lowest BCUT2D eigenvalue weighted by Gasteiger charge is -2.29. The number of nitrogens with zero attached hydrogens (tertiary/aromatic N) is 2. The topological polar surface area (TPSA) is 33.2 Å². The third kappa shape index (κ3) is 2.86. The van der Waals surface area contributed by atoms with E-state index >= 15 is 0 Å². The summed E-state index contributed by atoms with van der Waals surface area (Å²) < 4.78 is 0. The average Bonchev–Trinajstić information content (AvgIpc) is 2.31. The minimum atomic E-state index is 0.225. The van der Waals surface area contributed by atoms with Crippen molar-refractivity contribution in [2.75, 3.05) is 13.1 Å². The van der Waals surface area contributed by atoms with Gasteiger partial charge in [-0.3, -0.25) is 9.88 Å². The molecule has 2 heterocycles. The zero-order valence-electron chi connectivity index (χ0n) is 8.80. The highest BCUT2D eigenvalue weighted by Crippen LogP contribution is 2.15. The van der Waals surface area contributed by atoms with E-state index in [1.807, 2.05) is 24.4 Å². The minimum absolute atomic E-state index is 0.225. The number of aldehydes is 1. The van der Waals surface area contributed by atoms with Crippen molar-refractivity contribution < 1.29 is 4.79 Å². The molecule has 0 amide bonds. The maximum absolute atomic E-state index is 10.7. The molecule has 1 fully saturated rings. The van der Waals surface area contributed by atoms with Crippen molar-refractivity contribution in [1.29, 1.82) is 0 Å². The van der Waals surface area contributed by atoms with Crippen LogP contribution in [0.1, 0.15) is 18.5 Å². The van der Waals surface area contributed by atoms with E-state index in [1.165, 1.54) is 0 Å². The molecule has 0 radical (unpaired) electrons. The van der Waals surface area contributed by atoms with Crippen LogP contribution in [0.5, 0.6) is 0 Å². The fourth-order valence-electron chi connectivity index (χ4n) is 2.07. The Labute approximate surface area is 90.1 Å². The zero-order valence-corrected chi connectivity index (χ0v) is 8.80. The maximum Gasteiger partial charge on any atom is 0.124 e. The Balaban J connectivity index is 1.92. The monoisotopic (exact) mass is 204 g/mol. The van der Waals surface area contributed by atoms with Gasteiger partial charge in [-0.25, -0.2) is 0 Å². The van der Waals surface area contributed by atoms with Gasteiger partial charge in [-0.2, -0.15) is 0 Å². The van der Waals surface area contributed by atoms with Crippen LogP contribution in [0.25, 0.3) is 0 Å². The third-order valence-corrected chi connectivity index (χ3v) is 2.85. The molecular weight excluding hydrogens is 188 g/mol. The summed E-state index contributed by atoms with van der Waals surface area (Å²) in [5, 5.41) is 0. The summed E-state index contributed by atoms with van der Waals surface area (Å²) in [7, 11) is 0. The van der Waals surface area contributed by atoms with Gasteiger partial charge in [0.2, 0.25) is 0 Å². The second-order valence-electron chi connectivity index (χ2n) is 4.09. The Morgan fingerprint density at radius 2 is 2.47 bits per heavy atom. The number of hydrogen-bond donors (Lipinski definition) is 0. The lowest BCUT2D eigenvalue weighted by atomic mass is 10.00. The number of aromatic nitrogens is 1. The van der Waals surface area contributed by atoms with Gasteiger partial charge in [0.05, 0.1) is 5.69 Å². The molecule has 2 rings (SSSR count). The fourth-order valence-corrected chi connectivity index (χ4v) is 2.07. The van der Waals surface area contributed by atoms with Gasteiger partial charge in [-0.05, 0) is 31.5 Å². The molecular formula is C12H16N2O. The first-order valence-electron chi connectivity index (χ1n) is 5.46. The molecule has 1 unspecified atom stereocenters. The van der Waals surface area contributed by atoms with Crippen molar-refractivity contribution in [3.63, 3.8) is 0 Å². The number of likely N-dealkylation sites (tertiary alicyclic amines) is 1. The average molecular weight is 204 g/mol. The number of rotatable bonds is 3. The summed E-state index contributed by atoms with van der Waals surface area (Å²) in [4.78, 5) is 17.3. The summed E-state index contributed by atoms with van der Waals surface area (Å²) in [5.74, 6) is 0.225. The van der Waals surface area contributed by atoms with E-state index in [0.717, 1.165) is 44.5 Å². The molecule has 1 saturated heterocycles. The number of piperidine rings is 1. The van der Waals surface area contributed by atoms with Gasteiger partial charge in [-0.1, -0.05) is 6.07 Å². The van der Waals surface area contributed by atoms with Crippen LogP contribution >= 0.6 is 0 Å². The highest BCUT2D eigenvalue weighted by atomic mass is 16.1. The van der Waals surface area contributed by atoms with E-state index in [2.05, 4.69) is 9.88 Å². The van der Waals surface area contributed by atoms with Gasteiger partial charge in [0, 0.05) is 25.2 Å². The molecule has 15 heavy (non-hydrogen) atoms. The molecule has 80 valence electrons. The molecule has 0 N–H and O–H groups in total. The van der Waals surface area contributed by atoms with Gasteiger partial charge >= 0.3 is 0 Å². The Hall–Kier alpha value is -1.22. The maximum atomic E-state index is 10.7. The fraction of sp³-hybridized carbons (Fsp3) is 0.500. The molecule has 0 aromatic carbocycles. The van der Waals surface area contributed by atoms with Crippen molar-refractivity contribution in [2.45, 2.75) is 19.4 Å². The Morgan fingerprint density at radius 3 is 3.20 bits per heavy atom. The van der Waals surface area contributed by atoms with Crippen molar-refractivity contribution >= 4 is 6.29 Å². The lowest BCUT2D eigenvalue weighted by Crippen LogP contribution is -2.35. The van der Waals surface area contributed by atoms with E-state index in [9.17, 15) is 4.79 Å². The zero-order chi connectivity index (χ0) is 10.5. The van der Waals surface area contributed by atoms with Crippen LogP contribution in [0.15, 0.2) is 24.4 Å². The third-order valence-electron chi connectivity index (χ3n) is 2.85. The molecule has 3 nitrogen and oxygen atoms in total. The molecule has 1 atom stereocenters. The predicted molar refractivity (Wildman–Crippen MR) is 58.3 cm³/mol. The number of pyridine rings is 1.